The Balaban J connectivity index is 2.23. The van der Waals surface area contributed by atoms with Crippen molar-refractivity contribution in [1.29, 1.82) is 0 Å². The molecule has 0 N–H and O–H groups in total. The van der Waals surface area contributed by atoms with E-state index in [4.69, 9.17) is 10.3 Å². The maximum atomic E-state index is 11.6. The molecule has 0 heterocycles. The van der Waals surface area contributed by atoms with Gasteiger partial charge in [0, 0.05) is 0 Å². The maximum absolute atomic E-state index is 11.6. The SMILES string of the molecule is COC(=O)C(=[N+]=[N-])c1ccccc1OCc1ccc(C)cc1. The predicted octanol–water partition coefficient (Wildman–Crippen LogP) is 2.77. The summed E-state index contributed by atoms with van der Waals surface area (Å²) in [6.07, 6.45) is 0. The van der Waals surface area contributed by atoms with Crippen LogP contribution in [0.5, 0.6) is 5.75 Å². The van der Waals surface area contributed by atoms with Gasteiger partial charge in [0.05, 0.1) is 7.11 Å². The van der Waals surface area contributed by atoms with Gasteiger partial charge in [-0.25, -0.2) is 4.79 Å². The highest BCUT2D eigenvalue weighted by atomic mass is 16.5. The number of methoxy groups -OCH3 is 1. The van der Waals surface area contributed by atoms with Crippen molar-refractivity contribution in [3.63, 3.8) is 0 Å². The summed E-state index contributed by atoms with van der Waals surface area (Å²) >= 11 is 0. The van der Waals surface area contributed by atoms with Gasteiger partial charge in [0.25, 0.3) is 0 Å². The van der Waals surface area contributed by atoms with Crippen molar-refractivity contribution in [2.45, 2.75) is 13.5 Å². The second-order valence-electron chi connectivity index (χ2n) is 4.71. The van der Waals surface area contributed by atoms with E-state index in [-0.39, 0.29) is 5.71 Å². The van der Waals surface area contributed by atoms with Gasteiger partial charge in [-0.15, -0.1) is 0 Å². The minimum atomic E-state index is -0.728. The molecule has 0 spiro atoms. The fraction of sp³-hybridized carbons (Fsp3) is 0.176. The maximum Gasteiger partial charge on any atom is 0.422 e. The van der Waals surface area contributed by atoms with Gasteiger partial charge in [0.1, 0.15) is 17.9 Å². The van der Waals surface area contributed by atoms with E-state index in [1.165, 1.54) is 12.7 Å². The molecule has 2 aromatic carbocycles. The third kappa shape index (κ3) is 3.59. The molecule has 0 radical (unpaired) electrons. The molecule has 5 nitrogen and oxygen atoms in total. The number of ether oxygens (including phenoxy) is 2. The normalized spacial score (nSPS) is 9.73. The van der Waals surface area contributed by atoms with Crippen molar-refractivity contribution in [2.24, 2.45) is 0 Å². The number of carbonyl (C=O) groups is 1. The van der Waals surface area contributed by atoms with Gasteiger partial charge in [0.15, 0.2) is 0 Å². The standard InChI is InChI=1S/C17H16N2O3/c1-12-7-9-13(10-8-12)11-22-15-6-4-3-5-14(15)16(19-18)17(20)21-2/h3-10H,11H2,1-2H3. The summed E-state index contributed by atoms with van der Waals surface area (Å²) in [6.45, 7) is 2.36. The summed E-state index contributed by atoms with van der Waals surface area (Å²) in [5, 5.41) is 0. The fourth-order valence-corrected chi connectivity index (χ4v) is 1.93. The van der Waals surface area contributed by atoms with Crippen molar-refractivity contribution in [3.05, 3.63) is 70.8 Å². The van der Waals surface area contributed by atoms with E-state index in [0.717, 1.165) is 5.56 Å². The largest absolute Gasteiger partial charge is 0.488 e. The first kappa shape index (κ1) is 15.5. The van der Waals surface area contributed by atoms with Gasteiger partial charge in [-0.05, 0) is 24.6 Å². The minimum Gasteiger partial charge on any atom is -0.488 e. The van der Waals surface area contributed by atoms with Crippen molar-refractivity contribution < 1.29 is 19.1 Å². The molecule has 0 fully saturated rings. The van der Waals surface area contributed by atoms with Crippen molar-refractivity contribution >= 4 is 11.7 Å². The minimum absolute atomic E-state index is 0.193. The van der Waals surface area contributed by atoms with E-state index >= 15 is 0 Å². The van der Waals surface area contributed by atoms with Gasteiger partial charge in [0.2, 0.25) is 0 Å². The van der Waals surface area contributed by atoms with Gasteiger partial charge in [-0.1, -0.05) is 42.0 Å². The van der Waals surface area contributed by atoms with Crippen LogP contribution in [-0.4, -0.2) is 23.6 Å². The number of hydrogen-bond acceptors (Lipinski definition) is 3. The Kier molecular flexibility index (Phi) is 5.07. The van der Waals surface area contributed by atoms with Gasteiger partial charge in [-0.2, -0.15) is 4.79 Å². The van der Waals surface area contributed by atoms with Crippen LogP contribution >= 0.6 is 0 Å². The van der Waals surface area contributed by atoms with Crippen LogP contribution in [0.3, 0.4) is 0 Å². The average Bonchev–Trinajstić information content (AvgIpc) is 2.56. The number of esters is 1. The third-order valence-electron chi connectivity index (χ3n) is 3.14. The van der Waals surface area contributed by atoms with Gasteiger partial charge >= 0.3 is 11.7 Å². The first-order valence-electron chi connectivity index (χ1n) is 6.74. The van der Waals surface area contributed by atoms with Crippen LogP contribution in [0.4, 0.5) is 0 Å². The lowest BCUT2D eigenvalue weighted by molar-refractivity contribution is -0.137. The first-order valence-corrected chi connectivity index (χ1v) is 6.74. The lowest BCUT2D eigenvalue weighted by atomic mass is 10.1. The van der Waals surface area contributed by atoms with Crippen molar-refractivity contribution in [3.8, 4) is 5.75 Å². The molecule has 0 saturated heterocycles. The first-order chi connectivity index (χ1) is 10.7. The number of para-hydroxylation sites is 1. The lowest BCUT2D eigenvalue weighted by Gasteiger charge is -2.09. The van der Waals surface area contributed by atoms with Crippen LogP contribution in [0.1, 0.15) is 16.7 Å². The molecule has 2 aromatic rings. The van der Waals surface area contributed by atoms with Crippen LogP contribution in [0.2, 0.25) is 0 Å². The second-order valence-corrected chi connectivity index (χ2v) is 4.71. The molecule has 5 heteroatoms. The molecule has 0 aliphatic rings. The molecule has 0 amide bonds. The zero-order valence-corrected chi connectivity index (χ0v) is 12.4. The molecule has 0 atom stereocenters. The Morgan fingerprint density at radius 2 is 1.82 bits per heavy atom. The van der Waals surface area contributed by atoms with E-state index in [9.17, 15) is 4.79 Å². The highest BCUT2D eigenvalue weighted by Crippen LogP contribution is 2.20. The number of carbonyl (C=O) groups excluding carboxylic acids is 1. The Morgan fingerprint density at radius 3 is 2.45 bits per heavy atom. The number of rotatable bonds is 5. The predicted molar refractivity (Wildman–Crippen MR) is 81.7 cm³/mol. The molecular formula is C17H16N2O3. The molecule has 2 rings (SSSR count). The molecule has 0 saturated carbocycles. The van der Waals surface area contributed by atoms with E-state index in [2.05, 4.69) is 9.53 Å². The molecule has 0 aliphatic carbocycles. The number of aryl methyl sites for hydroxylation is 1. The zero-order valence-electron chi connectivity index (χ0n) is 12.4. The smallest absolute Gasteiger partial charge is 0.422 e. The van der Waals surface area contributed by atoms with E-state index in [1.54, 1.807) is 24.3 Å². The average molecular weight is 296 g/mol. The number of nitrogens with zero attached hydrogens (tertiary/aromatic N) is 2. The van der Waals surface area contributed by atoms with E-state index in [0.29, 0.717) is 17.9 Å². The second kappa shape index (κ2) is 7.20. The van der Waals surface area contributed by atoms with Crippen LogP contribution < -0.4 is 4.74 Å². The zero-order chi connectivity index (χ0) is 15.9. The summed E-state index contributed by atoms with van der Waals surface area (Å²) in [5.74, 6) is -0.282. The van der Waals surface area contributed by atoms with E-state index < -0.39 is 5.97 Å². The summed E-state index contributed by atoms with van der Waals surface area (Å²) in [4.78, 5) is 14.7. The summed E-state index contributed by atoms with van der Waals surface area (Å²) < 4.78 is 10.3. The molecule has 112 valence electrons. The molecule has 0 aromatic heterocycles. The summed E-state index contributed by atoms with van der Waals surface area (Å²) in [5.41, 5.74) is 11.4. The highest BCUT2D eigenvalue weighted by molar-refractivity contribution is 6.41. The number of hydrogen-bond donors (Lipinski definition) is 0. The quantitative estimate of drug-likeness (QED) is 0.368. The van der Waals surface area contributed by atoms with Crippen LogP contribution in [-0.2, 0) is 16.1 Å². The molecule has 0 bridgehead atoms. The van der Waals surface area contributed by atoms with Gasteiger partial charge < -0.3 is 15.0 Å². The third-order valence-corrected chi connectivity index (χ3v) is 3.14. The highest BCUT2D eigenvalue weighted by Gasteiger charge is 2.27. The fourth-order valence-electron chi connectivity index (χ4n) is 1.93. The van der Waals surface area contributed by atoms with Crippen LogP contribution in [0.15, 0.2) is 48.5 Å². The molecule has 22 heavy (non-hydrogen) atoms. The summed E-state index contributed by atoms with van der Waals surface area (Å²) in [6, 6.07) is 14.8. The van der Waals surface area contributed by atoms with E-state index in [1.807, 2.05) is 31.2 Å². The Bertz CT molecular complexity index is 717. The van der Waals surface area contributed by atoms with Crippen molar-refractivity contribution in [1.82, 2.24) is 0 Å². The Hall–Kier alpha value is -2.91. The lowest BCUT2D eigenvalue weighted by Crippen LogP contribution is -2.19. The van der Waals surface area contributed by atoms with Crippen LogP contribution in [0.25, 0.3) is 5.53 Å². The molecular weight excluding hydrogens is 280 g/mol. The summed E-state index contributed by atoms with van der Waals surface area (Å²) in [7, 11) is 1.23. The van der Waals surface area contributed by atoms with Gasteiger partial charge in [-0.3, -0.25) is 0 Å². The van der Waals surface area contributed by atoms with Crippen LogP contribution in [0, 0.1) is 6.92 Å². The molecule has 0 unspecified atom stereocenters. The molecule has 0 aliphatic heterocycles. The topological polar surface area (TPSA) is 71.9 Å². The Morgan fingerprint density at radius 1 is 1.14 bits per heavy atom. The van der Waals surface area contributed by atoms with Crippen molar-refractivity contribution in [2.75, 3.05) is 7.11 Å². The monoisotopic (exact) mass is 296 g/mol. The Labute approximate surface area is 128 Å². The number of benzene rings is 2.